The van der Waals surface area contributed by atoms with Gasteiger partial charge in [0, 0.05) is 51.7 Å². The van der Waals surface area contributed by atoms with Gasteiger partial charge in [0.05, 0.1) is 0 Å². The number of benzene rings is 1. The van der Waals surface area contributed by atoms with E-state index in [0.717, 1.165) is 51.3 Å². The molecule has 2 aliphatic rings. The van der Waals surface area contributed by atoms with Crippen molar-refractivity contribution < 1.29 is 9.53 Å². The average Bonchev–Trinajstić information content (AvgIpc) is 2.76. The normalized spacial score (nSPS) is 25.5. The SMILES string of the molecule is Cc1cccc(OCCN2CCN(C)[C@@]3(CCC(=O)N(C)CC3)C2)c1C. The number of nitrogens with zero attached hydrogens (tertiary/aromatic N) is 3. The number of likely N-dealkylation sites (N-methyl/N-ethyl adjacent to an activating group) is 1. The summed E-state index contributed by atoms with van der Waals surface area (Å²) < 4.78 is 6.06. The maximum Gasteiger partial charge on any atom is 0.222 e. The second kappa shape index (κ2) is 7.97. The van der Waals surface area contributed by atoms with Crippen molar-refractivity contribution in [2.75, 3.05) is 53.4 Å². The number of aryl methyl sites for hydroxylation is 1. The van der Waals surface area contributed by atoms with Gasteiger partial charge in [-0.15, -0.1) is 0 Å². The molecule has 1 atom stereocenters. The molecule has 1 aromatic rings. The number of ether oxygens (including phenoxy) is 1. The van der Waals surface area contributed by atoms with Gasteiger partial charge in [0.1, 0.15) is 12.4 Å². The van der Waals surface area contributed by atoms with Crippen LogP contribution in [0.5, 0.6) is 5.75 Å². The zero-order valence-corrected chi connectivity index (χ0v) is 16.8. The van der Waals surface area contributed by atoms with Gasteiger partial charge in [0.2, 0.25) is 5.91 Å². The molecule has 2 aliphatic heterocycles. The van der Waals surface area contributed by atoms with Crippen molar-refractivity contribution in [2.24, 2.45) is 0 Å². The zero-order chi connectivity index (χ0) is 18.7. The first-order chi connectivity index (χ1) is 12.4. The molecule has 0 aliphatic carbocycles. The molecule has 26 heavy (non-hydrogen) atoms. The maximum atomic E-state index is 12.1. The van der Waals surface area contributed by atoms with Crippen LogP contribution in [-0.4, -0.2) is 79.6 Å². The van der Waals surface area contributed by atoms with Gasteiger partial charge >= 0.3 is 0 Å². The van der Waals surface area contributed by atoms with Crippen molar-refractivity contribution in [3.8, 4) is 5.75 Å². The van der Waals surface area contributed by atoms with Crippen LogP contribution >= 0.6 is 0 Å². The molecular weight excluding hydrogens is 326 g/mol. The standard InChI is InChI=1S/C21H33N3O2/c1-17-6-5-7-19(18(17)2)26-15-14-24-13-12-23(4)21(16-24)9-8-20(25)22(3)11-10-21/h5-7H,8-16H2,1-4H3/t21-/m1/s1. The van der Waals surface area contributed by atoms with Crippen LogP contribution in [0.15, 0.2) is 18.2 Å². The minimum absolute atomic E-state index is 0.123. The van der Waals surface area contributed by atoms with E-state index in [-0.39, 0.29) is 11.4 Å². The molecule has 1 spiro atoms. The first-order valence-electron chi connectivity index (χ1n) is 9.78. The fourth-order valence-electron chi connectivity index (χ4n) is 4.20. The summed E-state index contributed by atoms with van der Waals surface area (Å²) in [6.07, 6.45) is 2.68. The Morgan fingerprint density at radius 3 is 2.73 bits per heavy atom. The predicted octanol–water partition coefficient (Wildman–Crippen LogP) is 2.31. The third-order valence-corrected chi connectivity index (χ3v) is 6.44. The summed E-state index contributed by atoms with van der Waals surface area (Å²) in [7, 11) is 4.15. The van der Waals surface area contributed by atoms with Gasteiger partial charge in [0.15, 0.2) is 0 Å². The Labute approximate surface area is 157 Å². The molecule has 5 nitrogen and oxygen atoms in total. The maximum absolute atomic E-state index is 12.1. The van der Waals surface area contributed by atoms with E-state index in [4.69, 9.17) is 4.74 Å². The molecule has 3 rings (SSSR count). The lowest BCUT2D eigenvalue weighted by Crippen LogP contribution is -2.61. The Balaban J connectivity index is 1.58. The van der Waals surface area contributed by atoms with Crippen molar-refractivity contribution in [3.63, 3.8) is 0 Å². The monoisotopic (exact) mass is 359 g/mol. The van der Waals surface area contributed by atoms with Crippen LogP contribution in [0.2, 0.25) is 0 Å². The van der Waals surface area contributed by atoms with Gasteiger partial charge in [-0.3, -0.25) is 14.6 Å². The third kappa shape index (κ3) is 4.04. The number of hydrogen-bond acceptors (Lipinski definition) is 4. The number of carbonyl (C=O) groups is 1. The number of amides is 1. The number of rotatable bonds is 4. The van der Waals surface area contributed by atoms with Crippen molar-refractivity contribution in [3.05, 3.63) is 29.3 Å². The summed E-state index contributed by atoms with van der Waals surface area (Å²) in [6.45, 7) is 9.90. The number of piperazine rings is 1. The van der Waals surface area contributed by atoms with Gasteiger partial charge in [-0.1, -0.05) is 12.1 Å². The smallest absolute Gasteiger partial charge is 0.222 e. The summed E-state index contributed by atoms with van der Waals surface area (Å²) >= 11 is 0. The van der Waals surface area contributed by atoms with Gasteiger partial charge in [0.25, 0.3) is 0 Å². The second-order valence-electron chi connectivity index (χ2n) is 8.03. The zero-order valence-electron chi connectivity index (χ0n) is 16.8. The van der Waals surface area contributed by atoms with Crippen molar-refractivity contribution >= 4 is 5.91 Å². The lowest BCUT2D eigenvalue weighted by atomic mass is 9.86. The molecule has 0 radical (unpaired) electrons. The Hall–Kier alpha value is -1.59. The van der Waals surface area contributed by atoms with Crippen LogP contribution in [0.3, 0.4) is 0 Å². The number of likely N-dealkylation sites (tertiary alicyclic amines) is 1. The first-order valence-corrected chi connectivity index (χ1v) is 9.78. The highest BCUT2D eigenvalue weighted by molar-refractivity contribution is 5.76. The molecule has 0 unspecified atom stereocenters. The molecule has 2 heterocycles. The molecule has 0 N–H and O–H groups in total. The average molecular weight is 360 g/mol. The molecule has 5 heteroatoms. The first kappa shape index (κ1) is 19.2. The predicted molar refractivity (Wildman–Crippen MR) is 105 cm³/mol. The second-order valence-corrected chi connectivity index (χ2v) is 8.03. The minimum Gasteiger partial charge on any atom is -0.492 e. The fraction of sp³-hybridized carbons (Fsp3) is 0.667. The van der Waals surface area contributed by atoms with E-state index in [1.807, 2.05) is 11.9 Å². The Morgan fingerprint density at radius 2 is 1.92 bits per heavy atom. The molecule has 0 saturated carbocycles. The van der Waals surface area contributed by atoms with E-state index in [0.29, 0.717) is 13.0 Å². The van der Waals surface area contributed by atoms with Crippen LogP contribution < -0.4 is 4.74 Å². The summed E-state index contributed by atoms with van der Waals surface area (Å²) in [5.41, 5.74) is 2.62. The summed E-state index contributed by atoms with van der Waals surface area (Å²) in [5.74, 6) is 1.28. The van der Waals surface area contributed by atoms with Crippen molar-refractivity contribution in [2.45, 2.75) is 38.6 Å². The minimum atomic E-state index is 0.123. The van der Waals surface area contributed by atoms with Gasteiger partial charge in [-0.25, -0.2) is 0 Å². The number of carbonyl (C=O) groups excluding carboxylic acids is 1. The van der Waals surface area contributed by atoms with Crippen LogP contribution in [0.4, 0.5) is 0 Å². The van der Waals surface area contributed by atoms with E-state index in [1.54, 1.807) is 0 Å². The highest BCUT2D eigenvalue weighted by Crippen LogP contribution is 2.31. The molecule has 0 bridgehead atoms. The van der Waals surface area contributed by atoms with E-state index < -0.39 is 0 Å². The van der Waals surface area contributed by atoms with Crippen molar-refractivity contribution in [1.82, 2.24) is 14.7 Å². The van der Waals surface area contributed by atoms with E-state index in [1.165, 1.54) is 11.1 Å². The van der Waals surface area contributed by atoms with E-state index >= 15 is 0 Å². The fourth-order valence-corrected chi connectivity index (χ4v) is 4.20. The van der Waals surface area contributed by atoms with Crippen LogP contribution in [0, 0.1) is 13.8 Å². The van der Waals surface area contributed by atoms with Gasteiger partial charge < -0.3 is 9.64 Å². The molecular formula is C21H33N3O2. The van der Waals surface area contributed by atoms with Gasteiger partial charge in [-0.05, 0) is 50.9 Å². The summed E-state index contributed by atoms with van der Waals surface area (Å²) in [5, 5.41) is 0. The van der Waals surface area contributed by atoms with E-state index in [9.17, 15) is 4.79 Å². The van der Waals surface area contributed by atoms with Crippen LogP contribution in [0.1, 0.15) is 30.4 Å². The molecule has 1 amide bonds. The Bertz CT molecular complexity index is 648. The van der Waals surface area contributed by atoms with E-state index in [2.05, 4.69) is 48.9 Å². The Kier molecular flexibility index (Phi) is 5.88. The van der Waals surface area contributed by atoms with Crippen LogP contribution in [0.25, 0.3) is 0 Å². The lowest BCUT2D eigenvalue weighted by Gasteiger charge is -2.49. The molecule has 0 aromatic heterocycles. The lowest BCUT2D eigenvalue weighted by molar-refractivity contribution is -0.129. The largest absolute Gasteiger partial charge is 0.492 e. The molecule has 2 fully saturated rings. The molecule has 2 saturated heterocycles. The molecule has 1 aromatic carbocycles. The highest BCUT2D eigenvalue weighted by atomic mass is 16.5. The quantitative estimate of drug-likeness (QED) is 0.827. The third-order valence-electron chi connectivity index (χ3n) is 6.44. The topological polar surface area (TPSA) is 36.0 Å². The summed E-state index contributed by atoms with van der Waals surface area (Å²) in [4.78, 5) is 19.0. The number of hydrogen-bond donors (Lipinski definition) is 0. The van der Waals surface area contributed by atoms with Crippen molar-refractivity contribution in [1.29, 1.82) is 0 Å². The molecule has 144 valence electrons. The Morgan fingerprint density at radius 1 is 1.12 bits per heavy atom. The summed E-state index contributed by atoms with van der Waals surface area (Å²) in [6, 6.07) is 6.24. The highest BCUT2D eigenvalue weighted by Gasteiger charge is 2.41. The van der Waals surface area contributed by atoms with Crippen LogP contribution in [-0.2, 0) is 4.79 Å². The van der Waals surface area contributed by atoms with Gasteiger partial charge in [-0.2, -0.15) is 0 Å².